The van der Waals surface area contributed by atoms with Gasteiger partial charge >= 0.3 is 6.03 Å². The van der Waals surface area contributed by atoms with E-state index in [1.54, 1.807) is 7.11 Å². The maximum absolute atomic E-state index is 12.1. The van der Waals surface area contributed by atoms with Crippen LogP contribution in [0.2, 0.25) is 0 Å². The highest BCUT2D eigenvalue weighted by Gasteiger charge is 2.25. The van der Waals surface area contributed by atoms with Gasteiger partial charge < -0.3 is 20.5 Å². The number of benzene rings is 1. The quantitative estimate of drug-likeness (QED) is 0.754. The minimum absolute atomic E-state index is 0.0790. The number of methoxy groups -OCH3 is 1. The van der Waals surface area contributed by atoms with Gasteiger partial charge in [-0.2, -0.15) is 0 Å². The number of rotatable bonds is 6. The highest BCUT2D eigenvalue weighted by Crippen LogP contribution is 2.26. The fourth-order valence-corrected chi connectivity index (χ4v) is 3.26. The van der Waals surface area contributed by atoms with Gasteiger partial charge in [0.1, 0.15) is 5.75 Å². The van der Waals surface area contributed by atoms with E-state index in [4.69, 9.17) is 4.74 Å². The van der Waals surface area contributed by atoms with Crippen molar-refractivity contribution in [1.29, 1.82) is 0 Å². The van der Waals surface area contributed by atoms with Gasteiger partial charge in [-0.05, 0) is 24.5 Å². The van der Waals surface area contributed by atoms with Crippen LogP contribution in [0.15, 0.2) is 24.3 Å². The first-order valence-electron chi connectivity index (χ1n) is 8.43. The Labute approximate surface area is 138 Å². The topological polar surface area (TPSA) is 70.6 Å². The lowest BCUT2D eigenvalue weighted by Gasteiger charge is -2.31. The summed E-state index contributed by atoms with van der Waals surface area (Å²) in [5, 5.41) is 15.4. The number of aliphatic hydroxyl groups excluding tert-OH is 1. The van der Waals surface area contributed by atoms with Crippen LogP contribution in [0.3, 0.4) is 0 Å². The van der Waals surface area contributed by atoms with Crippen LogP contribution in [0.5, 0.6) is 5.75 Å². The molecule has 3 N–H and O–H groups in total. The maximum atomic E-state index is 12.1. The summed E-state index contributed by atoms with van der Waals surface area (Å²) in [5.41, 5.74) is 1.08. The smallest absolute Gasteiger partial charge is 0.315 e. The third kappa shape index (κ3) is 4.86. The van der Waals surface area contributed by atoms with Crippen molar-refractivity contribution >= 4 is 6.03 Å². The molecule has 128 valence electrons. The summed E-state index contributed by atoms with van der Waals surface area (Å²) in [5.74, 6) is 1.19. The molecule has 0 aliphatic heterocycles. The Bertz CT molecular complexity index is 507. The Morgan fingerprint density at radius 1 is 1.35 bits per heavy atom. The normalized spacial score (nSPS) is 22.2. The van der Waals surface area contributed by atoms with Crippen molar-refractivity contribution in [2.75, 3.05) is 20.3 Å². The van der Waals surface area contributed by atoms with E-state index in [1.807, 2.05) is 24.3 Å². The number of carbonyl (C=O) groups excluding carboxylic acids is 1. The first-order valence-corrected chi connectivity index (χ1v) is 8.43. The van der Waals surface area contributed by atoms with Crippen LogP contribution in [0, 0.1) is 5.92 Å². The van der Waals surface area contributed by atoms with Gasteiger partial charge in [-0.15, -0.1) is 0 Å². The van der Waals surface area contributed by atoms with Gasteiger partial charge in [-0.3, -0.25) is 0 Å². The summed E-state index contributed by atoms with van der Waals surface area (Å²) < 4.78 is 5.37. The van der Waals surface area contributed by atoms with Crippen LogP contribution >= 0.6 is 0 Å². The summed E-state index contributed by atoms with van der Waals surface area (Å²) in [6.45, 7) is 2.75. The van der Waals surface area contributed by atoms with Crippen LogP contribution in [0.25, 0.3) is 0 Å². The molecule has 5 heteroatoms. The van der Waals surface area contributed by atoms with E-state index in [2.05, 4.69) is 17.6 Å². The van der Waals surface area contributed by atoms with E-state index >= 15 is 0 Å². The molecule has 0 radical (unpaired) electrons. The standard InChI is InChI=1S/C18H28N2O3/c1-13(15-8-4-6-10-17(15)23-2)11-19-18(22)20-16-9-5-3-7-14(16)12-21/h4,6,8,10,13-14,16,21H,3,5,7,9,11-12H2,1-2H3,(H2,19,20,22). The molecule has 0 aromatic heterocycles. The fourth-order valence-electron chi connectivity index (χ4n) is 3.26. The molecule has 3 atom stereocenters. The second kappa shape index (κ2) is 8.77. The fraction of sp³-hybridized carbons (Fsp3) is 0.611. The van der Waals surface area contributed by atoms with E-state index in [-0.39, 0.29) is 30.5 Å². The monoisotopic (exact) mass is 320 g/mol. The van der Waals surface area contributed by atoms with Crippen molar-refractivity contribution in [2.24, 2.45) is 5.92 Å². The van der Waals surface area contributed by atoms with Gasteiger partial charge in [0.15, 0.2) is 0 Å². The number of carbonyl (C=O) groups is 1. The molecular formula is C18H28N2O3. The number of hydrogen-bond donors (Lipinski definition) is 3. The van der Waals surface area contributed by atoms with Gasteiger partial charge in [-0.1, -0.05) is 38.0 Å². The Hall–Kier alpha value is -1.75. The summed E-state index contributed by atoms with van der Waals surface area (Å²) in [7, 11) is 1.66. The van der Waals surface area contributed by atoms with Crippen molar-refractivity contribution in [3.05, 3.63) is 29.8 Å². The Morgan fingerprint density at radius 3 is 2.83 bits per heavy atom. The summed E-state index contributed by atoms with van der Waals surface area (Å²) in [6, 6.07) is 7.79. The highest BCUT2D eigenvalue weighted by molar-refractivity contribution is 5.74. The zero-order chi connectivity index (χ0) is 16.7. The first kappa shape index (κ1) is 17.6. The number of amides is 2. The Kier molecular flexibility index (Phi) is 6.71. The summed E-state index contributed by atoms with van der Waals surface area (Å²) >= 11 is 0. The predicted octanol–water partition coefficient (Wildman–Crippen LogP) is 2.65. The van der Waals surface area contributed by atoms with Crippen molar-refractivity contribution in [3.63, 3.8) is 0 Å². The zero-order valence-corrected chi connectivity index (χ0v) is 14.0. The van der Waals surface area contributed by atoms with E-state index < -0.39 is 0 Å². The van der Waals surface area contributed by atoms with Crippen molar-refractivity contribution < 1.29 is 14.6 Å². The zero-order valence-electron chi connectivity index (χ0n) is 14.0. The molecule has 0 heterocycles. The highest BCUT2D eigenvalue weighted by atomic mass is 16.5. The van der Waals surface area contributed by atoms with Gasteiger partial charge in [0.25, 0.3) is 0 Å². The number of para-hydroxylation sites is 1. The lowest BCUT2D eigenvalue weighted by molar-refractivity contribution is 0.153. The van der Waals surface area contributed by atoms with Gasteiger partial charge in [0.05, 0.1) is 7.11 Å². The lowest BCUT2D eigenvalue weighted by atomic mass is 9.85. The SMILES string of the molecule is COc1ccccc1C(C)CNC(=O)NC1CCCCC1CO. The molecular weight excluding hydrogens is 292 g/mol. The molecule has 2 amide bonds. The average molecular weight is 320 g/mol. The molecule has 1 fully saturated rings. The van der Waals surface area contributed by atoms with Gasteiger partial charge in [0, 0.05) is 31.0 Å². The molecule has 1 aliphatic rings. The second-order valence-electron chi connectivity index (χ2n) is 6.33. The number of ether oxygens (including phenoxy) is 1. The second-order valence-corrected chi connectivity index (χ2v) is 6.33. The van der Waals surface area contributed by atoms with E-state index in [1.165, 1.54) is 0 Å². The molecule has 1 aromatic carbocycles. The molecule has 0 bridgehead atoms. The third-order valence-corrected chi connectivity index (χ3v) is 4.70. The number of nitrogens with one attached hydrogen (secondary N) is 2. The number of hydrogen-bond acceptors (Lipinski definition) is 3. The lowest BCUT2D eigenvalue weighted by Crippen LogP contribution is -2.48. The molecule has 1 aliphatic carbocycles. The summed E-state index contributed by atoms with van der Waals surface area (Å²) in [6.07, 6.45) is 4.18. The summed E-state index contributed by atoms with van der Waals surface area (Å²) in [4.78, 5) is 12.1. The molecule has 5 nitrogen and oxygen atoms in total. The van der Waals surface area contributed by atoms with Crippen LogP contribution in [0.4, 0.5) is 4.79 Å². The Balaban J connectivity index is 1.83. The van der Waals surface area contributed by atoms with Gasteiger partial charge in [-0.25, -0.2) is 4.79 Å². The molecule has 0 saturated heterocycles. The van der Waals surface area contributed by atoms with Crippen molar-refractivity contribution in [1.82, 2.24) is 10.6 Å². The van der Waals surface area contributed by atoms with Crippen LogP contribution in [-0.4, -0.2) is 37.4 Å². The minimum Gasteiger partial charge on any atom is -0.496 e. The van der Waals surface area contributed by atoms with Crippen LogP contribution < -0.4 is 15.4 Å². The maximum Gasteiger partial charge on any atom is 0.315 e. The van der Waals surface area contributed by atoms with E-state index in [0.717, 1.165) is 37.0 Å². The molecule has 0 spiro atoms. The van der Waals surface area contributed by atoms with E-state index in [9.17, 15) is 9.90 Å². The average Bonchev–Trinajstić information content (AvgIpc) is 2.60. The molecule has 3 unspecified atom stereocenters. The number of aliphatic hydroxyl groups is 1. The molecule has 1 saturated carbocycles. The van der Waals surface area contributed by atoms with Crippen molar-refractivity contribution in [2.45, 2.75) is 44.6 Å². The Morgan fingerprint density at radius 2 is 2.09 bits per heavy atom. The van der Waals surface area contributed by atoms with Gasteiger partial charge in [0.2, 0.25) is 0 Å². The number of urea groups is 1. The van der Waals surface area contributed by atoms with Crippen LogP contribution in [-0.2, 0) is 0 Å². The minimum atomic E-state index is -0.155. The van der Waals surface area contributed by atoms with Crippen molar-refractivity contribution in [3.8, 4) is 5.75 Å². The molecule has 2 rings (SSSR count). The largest absolute Gasteiger partial charge is 0.496 e. The first-order chi connectivity index (χ1) is 11.2. The van der Waals surface area contributed by atoms with Crippen LogP contribution in [0.1, 0.15) is 44.1 Å². The third-order valence-electron chi connectivity index (χ3n) is 4.70. The molecule has 23 heavy (non-hydrogen) atoms. The molecule has 1 aromatic rings. The predicted molar refractivity (Wildman–Crippen MR) is 90.8 cm³/mol. The van der Waals surface area contributed by atoms with E-state index in [0.29, 0.717) is 6.54 Å².